The maximum atomic E-state index is 12.4. The van der Waals surface area contributed by atoms with Gasteiger partial charge < -0.3 is 25.5 Å². The number of thiophene rings is 1. The number of carbonyl (C=O) groups excluding carboxylic acids is 2. The van der Waals surface area contributed by atoms with Gasteiger partial charge in [-0.3, -0.25) is 14.4 Å². The summed E-state index contributed by atoms with van der Waals surface area (Å²) in [6.07, 6.45) is 0. The monoisotopic (exact) mass is 413 g/mol. The number of benzene rings is 1. The van der Waals surface area contributed by atoms with Gasteiger partial charge in [0, 0.05) is 6.54 Å². The Kier molecular flexibility index (Phi) is 6.30. The molecule has 0 aliphatic carbocycles. The van der Waals surface area contributed by atoms with Crippen LogP contribution in [0.5, 0.6) is 11.5 Å². The van der Waals surface area contributed by atoms with E-state index in [9.17, 15) is 14.4 Å². The molecule has 0 unspecified atom stereocenters. The number of pyridine rings is 1. The summed E-state index contributed by atoms with van der Waals surface area (Å²) in [5.74, 6) is -0.325. The first-order chi connectivity index (χ1) is 14.0. The quantitative estimate of drug-likeness (QED) is 0.520. The van der Waals surface area contributed by atoms with E-state index >= 15 is 0 Å². The molecule has 0 fully saturated rings. The highest BCUT2D eigenvalue weighted by atomic mass is 32.1. The van der Waals surface area contributed by atoms with Gasteiger partial charge in [-0.1, -0.05) is 12.1 Å². The molecule has 2 amide bonds. The molecular formula is C20H19N3O5S. The van der Waals surface area contributed by atoms with Crippen molar-refractivity contribution in [3.63, 3.8) is 0 Å². The van der Waals surface area contributed by atoms with E-state index in [1.807, 2.05) is 17.5 Å². The Balaban J connectivity index is 1.67. The van der Waals surface area contributed by atoms with Crippen LogP contribution in [0, 0.1) is 0 Å². The number of amides is 2. The second-order valence-electron chi connectivity index (χ2n) is 6.01. The lowest BCUT2D eigenvalue weighted by Gasteiger charge is -2.12. The van der Waals surface area contributed by atoms with Gasteiger partial charge in [0.15, 0.2) is 18.1 Å². The molecule has 0 saturated heterocycles. The van der Waals surface area contributed by atoms with Gasteiger partial charge in [0.25, 0.3) is 17.4 Å². The van der Waals surface area contributed by atoms with Gasteiger partial charge in [-0.05, 0) is 41.3 Å². The molecule has 0 aliphatic rings. The molecule has 0 aliphatic heterocycles. The number of nitrogens with two attached hydrogens (primary N) is 1. The summed E-state index contributed by atoms with van der Waals surface area (Å²) in [5, 5.41) is 4.61. The van der Waals surface area contributed by atoms with Gasteiger partial charge >= 0.3 is 0 Å². The zero-order valence-corrected chi connectivity index (χ0v) is 16.4. The number of ether oxygens (including phenoxy) is 2. The zero-order chi connectivity index (χ0) is 20.8. The van der Waals surface area contributed by atoms with Crippen LogP contribution in [0.15, 0.2) is 52.6 Å². The van der Waals surface area contributed by atoms with Crippen molar-refractivity contribution in [3.05, 3.63) is 69.3 Å². The largest absolute Gasteiger partial charge is 0.493 e. The number of hydrogen-bond acceptors (Lipinski definition) is 6. The van der Waals surface area contributed by atoms with Crippen molar-refractivity contribution in [1.29, 1.82) is 0 Å². The maximum Gasteiger partial charge on any atom is 0.261 e. The first kappa shape index (κ1) is 20.2. The SMILES string of the molecule is COc1cc(CNC(=O)c2ccc(-c3cccs3)[nH]c2=O)ccc1OCC(N)=O. The highest BCUT2D eigenvalue weighted by molar-refractivity contribution is 7.13. The van der Waals surface area contributed by atoms with Crippen LogP contribution in [0.3, 0.4) is 0 Å². The molecule has 1 aromatic carbocycles. The third-order valence-corrected chi connectivity index (χ3v) is 4.89. The number of nitrogens with one attached hydrogen (secondary N) is 2. The lowest BCUT2D eigenvalue weighted by molar-refractivity contribution is -0.119. The van der Waals surface area contributed by atoms with Crippen LogP contribution in [-0.2, 0) is 11.3 Å². The molecule has 0 radical (unpaired) electrons. The summed E-state index contributed by atoms with van der Waals surface area (Å²) in [6, 6.07) is 12.0. The van der Waals surface area contributed by atoms with E-state index in [2.05, 4.69) is 10.3 Å². The highest BCUT2D eigenvalue weighted by Gasteiger charge is 2.13. The van der Waals surface area contributed by atoms with Crippen molar-refractivity contribution in [3.8, 4) is 22.1 Å². The minimum absolute atomic E-state index is 0.0266. The molecule has 3 rings (SSSR count). The summed E-state index contributed by atoms with van der Waals surface area (Å²) in [4.78, 5) is 39.2. The minimum atomic E-state index is -0.598. The lowest BCUT2D eigenvalue weighted by Crippen LogP contribution is -2.29. The van der Waals surface area contributed by atoms with E-state index in [1.54, 1.807) is 24.3 Å². The highest BCUT2D eigenvalue weighted by Crippen LogP contribution is 2.28. The van der Waals surface area contributed by atoms with Crippen LogP contribution in [0.2, 0.25) is 0 Å². The van der Waals surface area contributed by atoms with Crippen LogP contribution in [0.25, 0.3) is 10.6 Å². The molecule has 0 saturated carbocycles. The van der Waals surface area contributed by atoms with Crippen molar-refractivity contribution < 1.29 is 19.1 Å². The fourth-order valence-corrected chi connectivity index (χ4v) is 3.30. The topological polar surface area (TPSA) is 124 Å². The van der Waals surface area contributed by atoms with E-state index in [1.165, 1.54) is 24.5 Å². The van der Waals surface area contributed by atoms with E-state index in [0.717, 1.165) is 10.4 Å². The van der Waals surface area contributed by atoms with Gasteiger partial charge in [0.1, 0.15) is 5.56 Å². The number of H-pyrrole nitrogens is 1. The summed E-state index contributed by atoms with van der Waals surface area (Å²) >= 11 is 1.50. The first-order valence-electron chi connectivity index (χ1n) is 8.61. The van der Waals surface area contributed by atoms with E-state index in [0.29, 0.717) is 17.2 Å². The molecule has 4 N–H and O–H groups in total. The van der Waals surface area contributed by atoms with Crippen molar-refractivity contribution >= 4 is 23.2 Å². The number of methoxy groups -OCH3 is 1. The molecule has 3 aromatic rings. The number of rotatable bonds is 8. The normalized spacial score (nSPS) is 10.4. The number of carbonyl (C=O) groups is 2. The van der Waals surface area contributed by atoms with Gasteiger partial charge in [0.2, 0.25) is 0 Å². The standard InChI is InChI=1S/C20H19N3O5S/c1-27-16-9-12(4-7-15(16)28-11-18(21)24)10-22-19(25)13-5-6-14(23-20(13)26)17-3-2-8-29-17/h2-9H,10-11H2,1H3,(H2,21,24)(H,22,25)(H,23,26). The first-order valence-corrected chi connectivity index (χ1v) is 9.49. The summed E-state index contributed by atoms with van der Waals surface area (Å²) in [5.41, 5.74) is 6.03. The molecular weight excluding hydrogens is 394 g/mol. The average molecular weight is 413 g/mol. The summed E-state index contributed by atoms with van der Waals surface area (Å²) in [7, 11) is 1.46. The summed E-state index contributed by atoms with van der Waals surface area (Å²) in [6.45, 7) is -0.0892. The Labute approximate surface area is 170 Å². The van der Waals surface area contributed by atoms with Gasteiger partial charge in [-0.25, -0.2) is 0 Å². The van der Waals surface area contributed by atoms with E-state index < -0.39 is 17.4 Å². The molecule has 150 valence electrons. The van der Waals surface area contributed by atoms with Crippen LogP contribution in [0.4, 0.5) is 0 Å². The Morgan fingerprint density at radius 2 is 2.00 bits per heavy atom. The molecule has 0 spiro atoms. The van der Waals surface area contributed by atoms with Crippen LogP contribution in [0.1, 0.15) is 15.9 Å². The second-order valence-corrected chi connectivity index (χ2v) is 6.96. The Morgan fingerprint density at radius 3 is 2.66 bits per heavy atom. The fourth-order valence-electron chi connectivity index (χ4n) is 2.60. The minimum Gasteiger partial charge on any atom is -0.493 e. The second kappa shape index (κ2) is 9.07. The van der Waals surface area contributed by atoms with Gasteiger partial charge in [-0.2, -0.15) is 0 Å². The molecule has 9 heteroatoms. The molecule has 2 aromatic heterocycles. The lowest BCUT2D eigenvalue weighted by atomic mass is 10.2. The third-order valence-electron chi connectivity index (χ3n) is 3.99. The predicted octanol–water partition coefficient (Wildman–Crippen LogP) is 1.91. The van der Waals surface area contributed by atoms with E-state index in [-0.39, 0.29) is 18.7 Å². The Morgan fingerprint density at radius 1 is 1.17 bits per heavy atom. The van der Waals surface area contributed by atoms with Crippen LogP contribution < -0.4 is 26.1 Å². The van der Waals surface area contributed by atoms with Gasteiger partial charge in [0.05, 0.1) is 17.7 Å². The smallest absolute Gasteiger partial charge is 0.261 e. The predicted molar refractivity (Wildman–Crippen MR) is 109 cm³/mol. The van der Waals surface area contributed by atoms with E-state index in [4.69, 9.17) is 15.2 Å². The molecule has 0 atom stereocenters. The van der Waals surface area contributed by atoms with Crippen LogP contribution in [-0.4, -0.2) is 30.5 Å². The Bertz CT molecular complexity index is 1080. The third kappa shape index (κ3) is 5.02. The molecule has 0 bridgehead atoms. The fraction of sp³-hybridized carbons (Fsp3) is 0.150. The van der Waals surface area contributed by atoms with Crippen LogP contribution >= 0.6 is 11.3 Å². The maximum absolute atomic E-state index is 12.4. The molecule has 29 heavy (non-hydrogen) atoms. The summed E-state index contributed by atoms with van der Waals surface area (Å²) < 4.78 is 10.5. The van der Waals surface area contributed by atoms with Gasteiger partial charge in [-0.15, -0.1) is 11.3 Å². The van der Waals surface area contributed by atoms with Crippen molar-refractivity contribution in [1.82, 2.24) is 10.3 Å². The average Bonchev–Trinajstić information content (AvgIpc) is 3.25. The zero-order valence-electron chi connectivity index (χ0n) is 15.6. The number of aromatic amines is 1. The number of hydrogen-bond donors (Lipinski definition) is 3. The number of primary amides is 1. The Hall–Kier alpha value is -3.59. The number of aromatic nitrogens is 1. The van der Waals surface area contributed by atoms with Crippen molar-refractivity contribution in [2.24, 2.45) is 5.73 Å². The molecule has 8 nitrogen and oxygen atoms in total. The molecule has 2 heterocycles. The van der Waals surface area contributed by atoms with Crippen molar-refractivity contribution in [2.75, 3.05) is 13.7 Å². The van der Waals surface area contributed by atoms with Crippen molar-refractivity contribution in [2.45, 2.75) is 6.54 Å².